The second-order valence-corrected chi connectivity index (χ2v) is 5.59. The summed E-state index contributed by atoms with van der Waals surface area (Å²) >= 11 is 6.00. The highest BCUT2D eigenvalue weighted by atomic mass is 35.5. The van der Waals surface area contributed by atoms with Crippen molar-refractivity contribution in [3.05, 3.63) is 40.1 Å². The van der Waals surface area contributed by atoms with E-state index in [-0.39, 0.29) is 0 Å². The molecule has 0 atom stereocenters. The van der Waals surface area contributed by atoms with E-state index in [2.05, 4.69) is 16.5 Å². The van der Waals surface area contributed by atoms with Gasteiger partial charge >= 0.3 is 0 Å². The number of aromatic nitrogens is 2. The number of furan rings is 1. The van der Waals surface area contributed by atoms with E-state index in [4.69, 9.17) is 16.0 Å². The molecule has 0 aromatic carbocycles. The number of nitrogens with zero attached hydrogens (tertiary/aromatic N) is 2. The SMILES string of the molecule is Cc1oc(Cn2ncc(Cl)c2C)cc1CNC1CC1. The van der Waals surface area contributed by atoms with Crippen molar-refractivity contribution in [2.45, 2.75) is 45.8 Å². The molecule has 3 rings (SSSR count). The predicted molar refractivity (Wildman–Crippen MR) is 74.4 cm³/mol. The van der Waals surface area contributed by atoms with Gasteiger partial charge in [0.2, 0.25) is 0 Å². The first kappa shape index (κ1) is 12.8. The minimum absolute atomic E-state index is 0.628. The van der Waals surface area contributed by atoms with E-state index in [0.717, 1.165) is 23.8 Å². The van der Waals surface area contributed by atoms with Crippen LogP contribution in [0.15, 0.2) is 16.7 Å². The van der Waals surface area contributed by atoms with E-state index in [1.165, 1.54) is 18.4 Å². The molecule has 19 heavy (non-hydrogen) atoms. The maximum absolute atomic E-state index is 6.00. The molecular weight excluding hydrogens is 262 g/mol. The van der Waals surface area contributed by atoms with Crippen LogP contribution in [-0.4, -0.2) is 15.8 Å². The zero-order chi connectivity index (χ0) is 13.4. The highest BCUT2D eigenvalue weighted by molar-refractivity contribution is 6.31. The van der Waals surface area contributed by atoms with Crippen molar-refractivity contribution in [2.75, 3.05) is 0 Å². The van der Waals surface area contributed by atoms with Gasteiger partial charge in [-0.1, -0.05) is 11.6 Å². The van der Waals surface area contributed by atoms with Gasteiger partial charge in [0.05, 0.1) is 23.5 Å². The monoisotopic (exact) mass is 279 g/mol. The minimum Gasteiger partial charge on any atom is -0.464 e. The van der Waals surface area contributed by atoms with Gasteiger partial charge in [-0.15, -0.1) is 0 Å². The summed E-state index contributed by atoms with van der Waals surface area (Å²) in [6.45, 7) is 5.48. The molecule has 0 aliphatic heterocycles. The Morgan fingerprint density at radius 1 is 1.47 bits per heavy atom. The maximum Gasteiger partial charge on any atom is 0.125 e. The molecule has 0 spiro atoms. The lowest BCUT2D eigenvalue weighted by atomic mass is 10.2. The smallest absolute Gasteiger partial charge is 0.125 e. The quantitative estimate of drug-likeness (QED) is 0.915. The van der Waals surface area contributed by atoms with Crippen LogP contribution in [0, 0.1) is 13.8 Å². The lowest BCUT2D eigenvalue weighted by molar-refractivity contribution is 0.453. The number of aryl methyl sites for hydroxylation is 1. The molecule has 1 N–H and O–H groups in total. The van der Waals surface area contributed by atoms with Crippen molar-refractivity contribution >= 4 is 11.6 Å². The van der Waals surface area contributed by atoms with Crippen LogP contribution >= 0.6 is 11.6 Å². The summed E-state index contributed by atoms with van der Waals surface area (Å²) in [6, 6.07) is 2.82. The van der Waals surface area contributed by atoms with Crippen LogP contribution in [0.3, 0.4) is 0 Å². The fourth-order valence-corrected chi connectivity index (χ4v) is 2.25. The summed E-state index contributed by atoms with van der Waals surface area (Å²) in [5.74, 6) is 1.91. The van der Waals surface area contributed by atoms with Crippen LogP contribution in [0.25, 0.3) is 0 Å². The van der Waals surface area contributed by atoms with Crippen LogP contribution in [-0.2, 0) is 13.1 Å². The summed E-state index contributed by atoms with van der Waals surface area (Å²) in [5.41, 5.74) is 2.20. The van der Waals surface area contributed by atoms with Crippen LogP contribution in [0.4, 0.5) is 0 Å². The normalized spacial score (nSPS) is 15.1. The Bertz CT molecular complexity index is 584. The third-order valence-electron chi connectivity index (χ3n) is 3.58. The number of nitrogens with one attached hydrogen (secondary N) is 1. The molecule has 1 fully saturated rings. The average Bonchev–Trinajstić information content (AvgIpc) is 3.08. The molecule has 0 bridgehead atoms. The predicted octanol–water partition coefficient (Wildman–Crippen LogP) is 3.05. The van der Waals surface area contributed by atoms with Gasteiger partial charge in [-0.3, -0.25) is 4.68 Å². The van der Waals surface area contributed by atoms with Crippen molar-refractivity contribution in [2.24, 2.45) is 0 Å². The summed E-state index contributed by atoms with van der Waals surface area (Å²) < 4.78 is 7.65. The van der Waals surface area contributed by atoms with Crippen molar-refractivity contribution in [3.8, 4) is 0 Å². The molecule has 2 heterocycles. The summed E-state index contributed by atoms with van der Waals surface area (Å²) in [5, 5.41) is 8.44. The molecule has 2 aromatic rings. The molecule has 2 aromatic heterocycles. The van der Waals surface area contributed by atoms with Gasteiger partial charge in [0.15, 0.2) is 0 Å². The molecule has 0 saturated heterocycles. The number of halogens is 1. The van der Waals surface area contributed by atoms with Gasteiger partial charge in [0, 0.05) is 18.2 Å². The molecular formula is C14H18ClN3O. The van der Waals surface area contributed by atoms with E-state index >= 15 is 0 Å². The van der Waals surface area contributed by atoms with Gasteiger partial charge in [-0.25, -0.2) is 0 Å². The van der Waals surface area contributed by atoms with Crippen LogP contribution in [0.5, 0.6) is 0 Å². The molecule has 1 aliphatic carbocycles. The molecule has 1 aliphatic rings. The molecule has 0 radical (unpaired) electrons. The Morgan fingerprint density at radius 3 is 2.89 bits per heavy atom. The van der Waals surface area contributed by atoms with Crippen molar-refractivity contribution in [1.82, 2.24) is 15.1 Å². The highest BCUT2D eigenvalue weighted by Crippen LogP contribution is 2.22. The lowest BCUT2D eigenvalue weighted by Crippen LogP contribution is -2.15. The second-order valence-electron chi connectivity index (χ2n) is 5.18. The third kappa shape index (κ3) is 2.85. The Morgan fingerprint density at radius 2 is 2.26 bits per heavy atom. The van der Waals surface area contributed by atoms with E-state index in [9.17, 15) is 0 Å². The molecule has 102 valence electrons. The average molecular weight is 280 g/mol. The highest BCUT2D eigenvalue weighted by Gasteiger charge is 2.21. The first-order chi connectivity index (χ1) is 9.13. The third-order valence-corrected chi connectivity index (χ3v) is 3.95. The van der Waals surface area contributed by atoms with Gasteiger partial charge in [0.1, 0.15) is 11.5 Å². The summed E-state index contributed by atoms with van der Waals surface area (Å²) in [6.07, 6.45) is 4.27. The second kappa shape index (κ2) is 5.02. The first-order valence-electron chi connectivity index (χ1n) is 6.63. The van der Waals surface area contributed by atoms with Gasteiger partial charge < -0.3 is 9.73 Å². The number of hydrogen-bond donors (Lipinski definition) is 1. The fraction of sp³-hybridized carbons (Fsp3) is 0.500. The topological polar surface area (TPSA) is 43.0 Å². The standard InChI is InChI=1S/C14H18ClN3O/c1-9-14(15)7-17-18(9)8-13-5-11(10(2)19-13)6-16-12-3-4-12/h5,7,12,16H,3-4,6,8H2,1-2H3. The Balaban J connectivity index is 1.70. The van der Waals surface area contributed by atoms with Crippen molar-refractivity contribution in [3.63, 3.8) is 0 Å². The Hall–Kier alpha value is -1.26. The Labute approximate surface area is 117 Å². The van der Waals surface area contributed by atoms with E-state index < -0.39 is 0 Å². The zero-order valence-electron chi connectivity index (χ0n) is 11.2. The van der Waals surface area contributed by atoms with Crippen LogP contribution in [0.1, 0.15) is 35.6 Å². The summed E-state index contributed by atoms with van der Waals surface area (Å²) in [7, 11) is 0. The fourth-order valence-electron chi connectivity index (χ4n) is 2.11. The van der Waals surface area contributed by atoms with Crippen LogP contribution < -0.4 is 5.32 Å². The van der Waals surface area contributed by atoms with Gasteiger partial charge in [-0.2, -0.15) is 5.10 Å². The zero-order valence-corrected chi connectivity index (χ0v) is 12.0. The van der Waals surface area contributed by atoms with Crippen molar-refractivity contribution < 1.29 is 4.42 Å². The Kier molecular flexibility index (Phi) is 3.37. The van der Waals surface area contributed by atoms with Crippen LogP contribution in [0.2, 0.25) is 5.02 Å². The van der Waals surface area contributed by atoms with Gasteiger partial charge in [-0.05, 0) is 32.8 Å². The summed E-state index contributed by atoms with van der Waals surface area (Å²) in [4.78, 5) is 0. The minimum atomic E-state index is 0.628. The molecule has 1 saturated carbocycles. The lowest BCUT2D eigenvalue weighted by Gasteiger charge is -2.01. The van der Waals surface area contributed by atoms with Gasteiger partial charge in [0.25, 0.3) is 0 Å². The number of rotatable bonds is 5. The van der Waals surface area contributed by atoms with E-state index in [1.807, 2.05) is 18.5 Å². The molecule has 0 amide bonds. The largest absolute Gasteiger partial charge is 0.464 e. The van der Waals surface area contributed by atoms with E-state index in [1.54, 1.807) is 6.20 Å². The maximum atomic E-state index is 6.00. The molecule has 4 nitrogen and oxygen atoms in total. The number of hydrogen-bond acceptors (Lipinski definition) is 3. The molecule has 0 unspecified atom stereocenters. The first-order valence-corrected chi connectivity index (χ1v) is 7.01. The van der Waals surface area contributed by atoms with E-state index in [0.29, 0.717) is 17.6 Å². The molecule has 5 heteroatoms. The van der Waals surface area contributed by atoms with Crippen molar-refractivity contribution in [1.29, 1.82) is 0 Å².